The number of carbonyl (C=O) groups excluding carboxylic acids is 3. The summed E-state index contributed by atoms with van der Waals surface area (Å²) in [7, 11) is 1.55. The van der Waals surface area contributed by atoms with Crippen LogP contribution in [0.2, 0.25) is 0 Å². The minimum absolute atomic E-state index is 0.0641. The van der Waals surface area contributed by atoms with Crippen molar-refractivity contribution < 1.29 is 23.9 Å². The second-order valence-corrected chi connectivity index (χ2v) is 8.02. The molecule has 0 aliphatic carbocycles. The molecule has 1 unspecified atom stereocenters. The Morgan fingerprint density at radius 3 is 2.29 bits per heavy atom. The number of methoxy groups -OCH3 is 1. The average molecular weight is 424 g/mol. The number of hydrogen-bond donors (Lipinski definition) is 0. The van der Waals surface area contributed by atoms with Gasteiger partial charge in [-0.2, -0.15) is 0 Å². The van der Waals surface area contributed by atoms with Crippen molar-refractivity contribution >= 4 is 23.4 Å². The van der Waals surface area contributed by atoms with Crippen LogP contribution in [0.3, 0.4) is 0 Å². The highest BCUT2D eigenvalue weighted by atomic mass is 16.5. The van der Waals surface area contributed by atoms with Gasteiger partial charge in [-0.25, -0.2) is 4.90 Å². The molecule has 0 spiro atoms. The SMILES string of the molecule is CCC(C)(C)N(C(=O)COc1ccccc1)C1CC(=O)N(c2ccc(OC)cc2)C1=O. The van der Waals surface area contributed by atoms with Gasteiger partial charge in [-0.05, 0) is 56.7 Å². The highest BCUT2D eigenvalue weighted by Crippen LogP contribution is 2.32. The molecule has 3 amide bonds. The largest absolute Gasteiger partial charge is 0.497 e. The first-order valence-corrected chi connectivity index (χ1v) is 10.3. The van der Waals surface area contributed by atoms with E-state index >= 15 is 0 Å². The van der Waals surface area contributed by atoms with Crippen LogP contribution in [0.4, 0.5) is 5.69 Å². The molecule has 31 heavy (non-hydrogen) atoms. The number of rotatable bonds is 8. The van der Waals surface area contributed by atoms with E-state index in [9.17, 15) is 14.4 Å². The fraction of sp³-hybridized carbons (Fsp3) is 0.375. The normalized spacial score (nSPS) is 16.4. The molecule has 1 aliphatic rings. The van der Waals surface area contributed by atoms with Crippen molar-refractivity contribution in [3.63, 3.8) is 0 Å². The first kappa shape index (κ1) is 22.3. The van der Waals surface area contributed by atoms with E-state index in [1.807, 2.05) is 39.0 Å². The molecule has 2 aromatic rings. The first-order valence-electron chi connectivity index (χ1n) is 10.3. The second-order valence-electron chi connectivity index (χ2n) is 8.02. The highest BCUT2D eigenvalue weighted by molar-refractivity contribution is 6.23. The second kappa shape index (κ2) is 9.20. The van der Waals surface area contributed by atoms with Gasteiger partial charge in [0.25, 0.3) is 11.8 Å². The zero-order valence-electron chi connectivity index (χ0n) is 18.3. The molecule has 3 rings (SSSR count). The van der Waals surface area contributed by atoms with Gasteiger partial charge in [-0.15, -0.1) is 0 Å². The third-order valence-corrected chi connectivity index (χ3v) is 5.66. The average Bonchev–Trinajstić information content (AvgIpc) is 3.06. The fourth-order valence-corrected chi connectivity index (χ4v) is 3.66. The Hall–Kier alpha value is -3.35. The van der Waals surface area contributed by atoms with E-state index in [4.69, 9.17) is 9.47 Å². The van der Waals surface area contributed by atoms with E-state index in [0.29, 0.717) is 23.6 Å². The van der Waals surface area contributed by atoms with Crippen LogP contribution in [0.15, 0.2) is 54.6 Å². The first-order chi connectivity index (χ1) is 14.8. The molecule has 1 fully saturated rings. The van der Waals surface area contributed by atoms with Crippen LogP contribution in [0.1, 0.15) is 33.6 Å². The molecule has 1 saturated heterocycles. The number of hydrogen-bond acceptors (Lipinski definition) is 5. The third kappa shape index (κ3) is 4.71. The standard InChI is InChI=1S/C24H28N2O5/c1-5-24(2,3)26(22(28)16-31-19-9-7-6-8-10-19)20-15-21(27)25(23(20)29)17-11-13-18(30-4)14-12-17/h6-14,20H,5,15-16H2,1-4H3. The summed E-state index contributed by atoms with van der Waals surface area (Å²) >= 11 is 0. The van der Waals surface area contributed by atoms with E-state index in [0.717, 1.165) is 4.90 Å². The number of carbonyl (C=O) groups is 3. The molecule has 0 saturated carbocycles. The van der Waals surface area contributed by atoms with E-state index < -0.39 is 17.5 Å². The number of para-hydroxylation sites is 1. The number of benzene rings is 2. The maximum atomic E-state index is 13.3. The third-order valence-electron chi connectivity index (χ3n) is 5.66. The minimum Gasteiger partial charge on any atom is -0.497 e. The summed E-state index contributed by atoms with van der Waals surface area (Å²) in [6.45, 7) is 5.51. The molecular formula is C24H28N2O5. The molecule has 0 N–H and O–H groups in total. The quantitative estimate of drug-likeness (QED) is 0.607. The molecular weight excluding hydrogens is 396 g/mol. The predicted octanol–water partition coefficient (Wildman–Crippen LogP) is 3.42. The van der Waals surface area contributed by atoms with Gasteiger partial charge in [0, 0.05) is 5.54 Å². The van der Waals surface area contributed by atoms with Crippen molar-refractivity contribution in [1.82, 2.24) is 4.90 Å². The molecule has 2 aromatic carbocycles. The summed E-state index contributed by atoms with van der Waals surface area (Å²) in [4.78, 5) is 41.9. The molecule has 0 bridgehead atoms. The van der Waals surface area contributed by atoms with E-state index in [1.54, 1.807) is 43.5 Å². The number of nitrogens with zero attached hydrogens (tertiary/aromatic N) is 2. The number of anilines is 1. The Bertz CT molecular complexity index is 940. The van der Waals surface area contributed by atoms with E-state index in [2.05, 4.69) is 0 Å². The monoisotopic (exact) mass is 424 g/mol. The molecule has 1 atom stereocenters. The Morgan fingerprint density at radius 2 is 1.71 bits per heavy atom. The highest BCUT2D eigenvalue weighted by Gasteiger charge is 2.48. The Balaban J connectivity index is 1.84. The lowest BCUT2D eigenvalue weighted by atomic mass is 9.96. The van der Waals surface area contributed by atoms with Crippen LogP contribution in [-0.4, -0.2) is 47.9 Å². The van der Waals surface area contributed by atoms with Crippen LogP contribution in [0, 0.1) is 0 Å². The molecule has 7 nitrogen and oxygen atoms in total. The summed E-state index contributed by atoms with van der Waals surface area (Å²) in [6, 6.07) is 14.8. The zero-order chi connectivity index (χ0) is 22.6. The van der Waals surface area contributed by atoms with Crippen molar-refractivity contribution in [2.75, 3.05) is 18.6 Å². The summed E-state index contributed by atoms with van der Waals surface area (Å²) in [6.07, 6.45) is 0.552. The van der Waals surface area contributed by atoms with Crippen LogP contribution < -0.4 is 14.4 Å². The lowest BCUT2D eigenvalue weighted by Gasteiger charge is -2.41. The maximum Gasteiger partial charge on any atom is 0.261 e. The van der Waals surface area contributed by atoms with E-state index in [-0.39, 0.29) is 24.8 Å². The van der Waals surface area contributed by atoms with Crippen molar-refractivity contribution in [2.24, 2.45) is 0 Å². The summed E-state index contributed by atoms with van der Waals surface area (Å²) in [5.41, 5.74) is -0.172. The minimum atomic E-state index is -0.878. The fourth-order valence-electron chi connectivity index (χ4n) is 3.66. The van der Waals surface area contributed by atoms with Crippen LogP contribution >= 0.6 is 0 Å². The van der Waals surface area contributed by atoms with Crippen molar-refractivity contribution in [2.45, 2.75) is 45.2 Å². The van der Waals surface area contributed by atoms with Gasteiger partial charge >= 0.3 is 0 Å². The van der Waals surface area contributed by atoms with E-state index in [1.165, 1.54) is 4.90 Å². The Labute approximate surface area is 182 Å². The molecule has 0 radical (unpaired) electrons. The molecule has 0 aromatic heterocycles. The molecule has 164 valence electrons. The van der Waals surface area contributed by atoms with Gasteiger partial charge in [0.15, 0.2) is 6.61 Å². The van der Waals surface area contributed by atoms with Gasteiger partial charge in [0.1, 0.15) is 17.5 Å². The van der Waals surface area contributed by atoms with Crippen LogP contribution in [0.25, 0.3) is 0 Å². The Morgan fingerprint density at radius 1 is 1.06 bits per heavy atom. The summed E-state index contributed by atoms with van der Waals surface area (Å²) in [5.74, 6) is 0.109. The maximum absolute atomic E-state index is 13.3. The van der Waals surface area contributed by atoms with Gasteiger partial charge in [-0.3, -0.25) is 14.4 Å². The number of imide groups is 1. The topological polar surface area (TPSA) is 76.2 Å². The summed E-state index contributed by atoms with van der Waals surface area (Å²) < 4.78 is 10.8. The van der Waals surface area contributed by atoms with Crippen molar-refractivity contribution in [3.8, 4) is 11.5 Å². The van der Waals surface area contributed by atoms with Crippen LogP contribution in [-0.2, 0) is 14.4 Å². The summed E-state index contributed by atoms with van der Waals surface area (Å²) in [5, 5.41) is 0. The van der Waals surface area contributed by atoms with Gasteiger partial charge in [0.05, 0.1) is 19.2 Å². The number of amides is 3. The van der Waals surface area contributed by atoms with Crippen LogP contribution in [0.5, 0.6) is 11.5 Å². The molecule has 1 heterocycles. The van der Waals surface area contributed by atoms with Gasteiger partial charge < -0.3 is 14.4 Å². The number of ether oxygens (including phenoxy) is 2. The smallest absolute Gasteiger partial charge is 0.261 e. The molecule has 7 heteroatoms. The lowest BCUT2D eigenvalue weighted by molar-refractivity contribution is -0.146. The van der Waals surface area contributed by atoms with Crippen molar-refractivity contribution in [3.05, 3.63) is 54.6 Å². The van der Waals surface area contributed by atoms with Crippen molar-refractivity contribution in [1.29, 1.82) is 0 Å². The van der Waals surface area contributed by atoms with Gasteiger partial charge in [-0.1, -0.05) is 25.1 Å². The zero-order valence-corrected chi connectivity index (χ0v) is 18.3. The van der Waals surface area contributed by atoms with Gasteiger partial charge in [0.2, 0.25) is 5.91 Å². The Kier molecular flexibility index (Phi) is 6.63. The lowest BCUT2D eigenvalue weighted by Crippen LogP contribution is -2.56. The molecule has 1 aliphatic heterocycles. The predicted molar refractivity (Wildman–Crippen MR) is 117 cm³/mol.